The van der Waals surface area contributed by atoms with Crippen LogP contribution in [0.3, 0.4) is 0 Å². The van der Waals surface area contributed by atoms with Crippen LogP contribution in [0, 0.1) is 0 Å². The van der Waals surface area contributed by atoms with Crippen LogP contribution in [0.4, 0.5) is 4.79 Å². The predicted molar refractivity (Wildman–Crippen MR) is 191 cm³/mol. The molecule has 0 spiro atoms. The van der Waals surface area contributed by atoms with E-state index in [1.165, 1.54) is 18.5 Å². The van der Waals surface area contributed by atoms with Crippen molar-refractivity contribution in [1.82, 2.24) is 30.9 Å². The molecule has 4 aromatic rings. The molecule has 3 amide bonds. The van der Waals surface area contributed by atoms with Crippen molar-refractivity contribution < 1.29 is 18.8 Å². The van der Waals surface area contributed by atoms with Crippen molar-refractivity contribution in [2.45, 2.75) is 75.7 Å². The second-order valence-electron chi connectivity index (χ2n) is 13.6. The number of aromatic amines is 2. The second kappa shape index (κ2) is 14.8. The second-order valence-corrected chi connectivity index (χ2v) is 14.9. The van der Waals surface area contributed by atoms with Crippen molar-refractivity contribution in [3.05, 3.63) is 120 Å². The number of nitrogens with zero attached hydrogens (tertiary/aromatic N) is 1. The molecule has 2 saturated heterocycles. The molecule has 4 heterocycles. The summed E-state index contributed by atoms with van der Waals surface area (Å²) in [5.74, 6) is 1.29. The number of carbonyl (C=O) groups is 3. The molecule has 3 atom stereocenters. The number of nitrogens with one attached hydrogen (secondary N) is 5. The number of H-pyrrole nitrogens is 2. The topological polar surface area (TPSA) is 179 Å². The van der Waals surface area contributed by atoms with Crippen LogP contribution in [0.2, 0.25) is 0 Å². The fourth-order valence-corrected chi connectivity index (χ4v) is 7.74. The van der Waals surface area contributed by atoms with Crippen LogP contribution in [-0.4, -0.2) is 55.8 Å². The average Bonchev–Trinajstić information content (AvgIpc) is 3.81. The molecule has 12 nitrogen and oxygen atoms in total. The van der Waals surface area contributed by atoms with Crippen LogP contribution < -0.4 is 37.8 Å². The van der Waals surface area contributed by atoms with Crippen molar-refractivity contribution in [1.29, 1.82) is 0 Å². The van der Waals surface area contributed by atoms with E-state index in [0.29, 0.717) is 46.4 Å². The Balaban J connectivity index is 1.03. The Morgan fingerprint density at radius 3 is 2.44 bits per heavy atom. The first kappa shape index (κ1) is 34.7. The van der Waals surface area contributed by atoms with Crippen LogP contribution in [0.15, 0.2) is 68.9 Å². The summed E-state index contributed by atoms with van der Waals surface area (Å²) in [5, 5.41) is 9.37. The van der Waals surface area contributed by atoms with Gasteiger partial charge >= 0.3 is 6.03 Å². The Morgan fingerprint density at radius 2 is 1.70 bits per heavy atom. The van der Waals surface area contributed by atoms with Crippen molar-refractivity contribution in [2.75, 3.05) is 5.75 Å². The van der Waals surface area contributed by atoms with Gasteiger partial charge in [0, 0.05) is 40.5 Å². The van der Waals surface area contributed by atoms with Crippen LogP contribution in [0.25, 0.3) is 12.2 Å². The van der Waals surface area contributed by atoms with Gasteiger partial charge in [0.25, 0.3) is 11.1 Å². The third-order valence-corrected chi connectivity index (χ3v) is 10.3. The largest absolute Gasteiger partial charge is 0.447 e. The number of thioether (sulfide) groups is 1. The molecule has 50 heavy (non-hydrogen) atoms. The number of urea groups is 1. The maximum atomic E-state index is 13.3. The molecule has 2 aliphatic rings. The number of unbranched alkanes of at least 4 members (excludes halogenated alkanes) is 1. The highest BCUT2D eigenvalue weighted by Crippen LogP contribution is 2.33. The highest BCUT2D eigenvalue weighted by Gasteiger charge is 2.42. The lowest BCUT2D eigenvalue weighted by Gasteiger charge is -2.16. The maximum Gasteiger partial charge on any atom is 0.315 e. The molecule has 0 saturated carbocycles. The van der Waals surface area contributed by atoms with Crippen LogP contribution in [0.5, 0.6) is 0 Å². The van der Waals surface area contributed by atoms with Crippen molar-refractivity contribution in [3.8, 4) is 0 Å². The Hall–Kier alpha value is -5.17. The number of rotatable bonds is 11. The summed E-state index contributed by atoms with van der Waals surface area (Å²) in [6.07, 6.45) is 7.39. The number of hydrogen-bond acceptors (Lipinski definition) is 8. The van der Waals surface area contributed by atoms with Gasteiger partial charge in [-0.3, -0.25) is 19.2 Å². The lowest BCUT2D eigenvalue weighted by Crippen LogP contribution is -2.46. The fourth-order valence-electron chi connectivity index (χ4n) is 6.19. The van der Waals surface area contributed by atoms with E-state index in [9.17, 15) is 24.0 Å². The molecular weight excluding hydrogens is 657 g/mol. The van der Waals surface area contributed by atoms with Gasteiger partial charge < -0.3 is 30.3 Å². The van der Waals surface area contributed by atoms with Crippen molar-refractivity contribution >= 4 is 41.6 Å². The van der Waals surface area contributed by atoms with E-state index >= 15 is 0 Å². The zero-order valence-electron chi connectivity index (χ0n) is 28.1. The minimum Gasteiger partial charge on any atom is -0.447 e. The van der Waals surface area contributed by atoms with Crippen molar-refractivity contribution in [3.63, 3.8) is 0 Å². The first-order valence-electron chi connectivity index (χ1n) is 16.6. The summed E-state index contributed by atoms with van der Waals surface area (Å²) >= 11 is 1.88. The summed E-state index contributed by atoms with van der Waals surface area (Å²) in [6, 6.07) is 14.2. The monoisotopic (exact) mass is 696 g/mol. The summed E-state index contributed by atoms with van der Waals surface area (Å²) in [7, 11) is 0. The van der Waals surface area contributed by atoms with Gasteiger partial charge in [0.2, 0.25) is 5.91 Å². The van der Waals surface area contributed by atoms with Crippen LogP contribution in [0.1, 0.15) is 85.0 Å². The Morgan fingerprint density at radius 1 is 0.960 bits per heavy atom. The van der Waals surface area contributed by atoms with E-state index in [4.69, 9.17) is 4.42 Å². The highest BCUT2D eigenvalue weighted by molar-refractivity contribution is 8.00. The third kappa shape index (κ3) is 8.16. The van der Waals surface area contributed by atoms with E-state index in [-0.39, 0.29) is 45.9 Å². The smallest absolute Gasteiger partial charge is 0.315 e. The molecule has 0 radical (unpaired) electrons. The van der Waals surface area contributed by atoms with E-state index < -0.39 is 11.1 Å². The van der Waals surface area contributed by atoms with E-state index in [2.05, 4.69) is 30.9 Å². The lowest BCUT2D eigenvalue weighted by atomic mass is 9.92. The summed E-state index contributed by atoms with van der Waals surface area (Å²) in [4.78, 5) is 72.5. The van der Waals surface area contributed by atoms with Gasteiger partial charge in [0.1, 0.15) is 22.2 Å². The fraction of sp³-hybridized carbons (Fsp3) is 0.351. The summed E-state index contributed by atoms with van der Waals surface area (Å²) < 4.78 is 5.49. The van der Waals surface area contributed by atoms with E-state index in [1.54, 1.807) is 36.4 Å². The summed E-state index contributed by atoms with van der Waals surface area (Å²) in [5.41, 5.74) is 1.44. The number of ketones is 1. The number of carbonyl (C=O) groups excluding carboxylic acids is 3. The molecule has 2 aromatic carbocycles. The minimum absolute atomic E-state index is 0.0244. The van der Waals surface area contributed by atoms with Gasteiger partial charge in [-0.25, -0.2) is 9.78 Å². The first-order valence-corrected chi connectivity index (χ1v) is 17.7. The molecule has 13 heteroatoms. The highest BCUT2D eigenvalue weighted by atomic mass is 32.2. The van der Waals surface area contributed by atoms with Crippen LogP contribution in [-0.2, 0) is 16.8 Å². The van der Waals surface area contributed by atoms with Gasteiger partial charge in [0.05, 0.1) is 12.1 Å². The molecule has 6 rings (SSSR count). The normalized spacial score (nSPS) is 19.3. The molecule has 2 fully saturated rings. The number of fused-ring (bicyclic) bond motifs is 1. The van der Waals surface area contributed by atoms with Gasteiger partial charge in [-0.2, -0.15) is 11.8 Å². The lowest BCUT2D eigenvalue weighted by molar-refractivity contribution is -0.121. The van der Waals surface area contributed by atoms with E-state index in [1.807, 2.05) is 44.7 Å². The number of oxazole rings is 1. The molecule has 0 bridgehead atoms. The predicted octanol–water partition coefficient (Wildman–Crippen LogP) is 2.58. The van der Waals surface area contributed by atoms with Gasteiger partial charge in [-0.1, -0.05) is 69.7 Å². The maximum absolute atomic E-state index is 13.3. The van der Waals surface area contributed by atoms with Gasteiger partial charge in [-0.15, -0.1) is 0 Å². The number of hydrogen-bond donors (Lipinski definition) is 5. The molecule has 2 aromatic heterocycles. The Kier molecular flexibility index (Phi) is 10.2. The van der Waals surface area contributed by atoms with Crippen molar-refractivity contribution in [2.24, 2.45) is 0 Å². The molecule has 2 aliphatic heterocycles. The Labute approximate surface area is 292 Å². The summed E-state index contributed by atoms with van der Waals surface area (Å²) in [6.45, 7) is 6.23. The molecular formula is C37H40N6O6S. The molecule has 0 aliphatic carbocycles. The molecule has 5 N–H and O–H groups in total. The van der Waals surface area contributed by atoms with Crippen LogP contribution >= 0.6 is 11.8 Å². The number of benzene rings is 2. The average molecular weight is 697 g/mol. The van der Waals surface area contributed by atoms with Gasteiger partial charge in [0.15, 0.2) is 12.2 Å². The number of aromatic nitrogens is 3. The quantitative estimate of drug-likeness (QED) is 0.0902. The van der Waals surface area contributed by atoms with Gasteiger partial charge in [-0.05, 0) is 42.2 Å². The zero-order chi connectivity index (χ0) is 35.4. The third-order valence-electron chi connectivity index (χ3n) is 8.79. The zero-order valence-corrected chi connectivity index (χ0v) is 28.9. The minimum atomic E-state index is -0.504. The first-order chi connectivity index (χ1) is 23.9. The molecule has 260 valence electrons. The Bertz CT molecular complexity index is 2150. The number of amides is 3. The molecule has 0 unspecified atom stereocenters. The standard InChI is InChI=1S/C37H40N6O6S/c1-37(2,3)33-25(39-20-49-33)17-27-35(47)40-26(34(46)41-27)16-22-7-6-8-24(15-22)32(45)23-13-11-21(12-14-23)18-38-30(44)10-5-4-9-29-31-28(19-50-29)42-36(48)43-31/h6-8,11-17,20,28-29,31H,4-5,9-10,18-19H2,1-3H3,(H,38,44)(H,40,47)(H,41,46)(H2,42,43,48)/b26-16-,27-17-/t28-,29-,31-/m0/s1. The van der Waals surface area contributed by atoms with E-state index in [0.717, 1.165) is 30.6 Å². The SMILES string of the molecule is CC(C)(C)c1ocnc1/C=c1\[nH]c(=O)/c(=C/c2cccc(C(=O)c3ccc(CNC(=O)CCCC[C@@H]4SC[C@@H]5NC(=O)N[C@@H]54)cc3)c2)[nH]c1=O.